The van der Waals surface area contributed by atoms with E-state index in [4.69, 9.17) is 23.2 Å². The number of fused-ring (bicyclic) bond motifs is 2. The van der Waals surface area contributed by atoms with Crippen LogP contribution >= 0.6 is 23.2 Å². The van der Waals surface area contributed by atoms with Gasteiger partial charge in [-0.25, -0.2) is 0 Å². The number of anilines is 1. The number of rotatable bonds is 4. The van der Waals surface area contributed by atoms with Crippen LogP contribution in [0.4, 0.5) is 5.69 Å². The minimum Gasteiger partial charge on any atom is -0.351 e. The van der Waals surface area contributed by atoms with Crippen LogP contribution in [0.1, 0.15) is 16.1 Å². The van der Waals surface area contributed by atoms with E-state index in [-0.39, 0.29) is 11.8 Å². The van der Waals surface area contributed by atoms with E-state index in [1.807, 2.05) is 30.3 Å². The third-order valence-electron chi connectivity index (χ3n) is 4.71. The highest BCUT2D eigenvalue weighted by molar-refractivity contribution is 6.31. The summed E-state index contributed by atoms with van der Waals surface area (Å²) in [5.74, 6) is -0.156. The van der Waals surface area contributed by atoms with Gasteiger partial charge >= 0.3 is 0 Å². The normalized spacial score (nSPS) is 16.4. The van der Waals surface area contributed by atoms with Gasteiger partial charge in [0.15, 0.2) is 0 Å². The Morgan fingerprint density at radius 1 is 1.22 bits per heavy atom. The van der Waals surface area contributed by atoms with Crippen LogP contribution in [0.15, 0.2) is 48.5 Å². The van der Waals surface area contributed by atoms with Crippen LogP contribution in [0.5, 0.6) is 0 Å². The Morgan fingerprint density at radius 2 is 2.04 bits per heavy atom. The molecule has 3 aromatic rings. The molecule has 0 radical (unpaired) electrons. The first-order chi connectivity index (χ1) is 13.1. The fraction of sp³-hybridized carbons (Fsp3) is 0.200. The van der Waals surface area contributed by atoms with Gasteiger partial charge in [-0.2, -0.15) is 0 Å². The highest BCUT2D eigenvalue weighted by Crippen LogP contribution is 2.28. The van der Waals surface area contributed by atoms with Crippen molar-refractivity contribution in [3.05, 3.63) is 64.8 Å². The number of nitrogens with one attached hydrogen (secondary N) is 2. The zero-order valence-electron chi connectivity index (χ0n) is 14.3. The number of carbonyl (C=O) groups is 2. The summed E-state index contributed by atoms with van der Waals surface area (Å²) in [7, 11) is 0. The number of aromatic amines is 1. The zero-order chi connectivity index (χ0) is 19.0. The van der Waals surface area contributed by atoms with Crippen molar-refractivity contribution in [3.8, 4) is 0 Å². The van der Waals surface area contributed by atoms with Crippen LogP contribution in [0.2, 0.25) is 5.02 Å². The van der Waals surface area contributed by atoms with E-state index in [1.165, 1.54) is 0 Å². The van der Waals surface area contributed by atoms with Gasteiger partial charge in [-0.15, -0.1) is 11.6 Å². The van der Waals surface area contributed by atoms with Gasteiger partial charge < -0.3 is 15.2 Å². The number of hydrogen-bond donors (Lipinski definition) is 2. The molecular weight excluding hydrogens is 385 g/mol. The van der Waals surface area contributed by atoms with E-state index in [2.05, 4.69) is 10.3 Å². The van der Waals surface area contributed by atoms with Gasteiger partial charge in [0.25, 0.3) is 5.91 Å². The highest BCUT2D eigenvalue weighted by atomic mass is 35.5. The largest absolute Gasteiger partial charge is 0.351 e. The molecule has 2 heterocycles. The lowest BCUT2D eigenvalue weighted by Gasteiger charge is -2.34. The highest BCUT2D eigenvalue weighted by Gasteiger charge is 2.33. The second kappa shape index (κ2) is 7.25. The van der Waals surface area contributed by atoms with Gasteiger partial charge in [0.05, 0.1) is 0 Å². The summed E-state index contributed by atoms with van der Waals surface area (Å²) in [6.45, 7) is 0.397. The molecule has 138 valence electrons. The monoisotopic (exact) mass is 401 g/mol. The van der Waals surface area contributed by atoms with Crippen LogP contribution in [0, 0.1) is 0 Å². The number of carbonyl (C=O) groups excluding carboxylic acids is 2. The van der Waals surface area contributed by atoms with Crippen molar-refractivity contribution in [1.29, 1.82) is 0 Å². The molecule has 0 fully saturated rings. The van der Waals surface area contributed by atoms with Crippen molar-refractivity contribution >= 4 is 51.6 Å². The lowest BCUT2D eigenvalue weighted by molar-refractivity contribution is -0.120. The average molecular weight is 402 g/mol. The Balaban J connectivity index is 1.59. The Labute approximate surface area is 166 Å². The first kappa shape index (κ1) is 17.9. The SMILES string of the molecule is O=C(NC1Cc2ccccc2N(CCCl)C1=O)c1cc2cc(Cl)ccc2[nH]1. The molecule has 27 heavy (non-hydrogen) atoms. The molecule has 0 bridgehead atoms. The molecule has 5 nitrogen and oxygen atoms in total. The number of H-pyrrole nitrogens is 1. The number of halogens is 2. The summed E-state index contributed by atoms with van der Waals surface area (Å²) in [5.41, 5.74) is 3.07. The van der Waals surface area contributed by atoms with E-state index < -0.39 is 6.04 Å². The summed E-state index contributed by atoms with van der Waals surface area (Å²) in [5, 5.41) is 4.30. The van der Waals surface area contributed by atoms with Crippen molar-refractivity contribution in [2.75, 3.05) is 17.3 Å². The molecular formula is C20H17Cl2N3O2. The Morgan fingerprint density at radius 3 is 2.85 bits per heavy atom. The van der Waals surface area contributed by atoms with Crippen LogP contribution in [0.3, 0.4) is 0 Å². The summed E-state index contributed by atoms with van der Waals surface area (Å²) in [4.78, 5) is 30.3. The molecule has 2 amide bonds. The van der Waals surface area contributed by atoms with Gasteiger partial charge in [-0.05, 0) is 35.9 Å². The zero-order valence-corrected chi connectivity index (χ0v) is 15.8. The summed E-state index contributed by atoms with van der Waals surface area (Å²) in [6.07, 6.45) is 0.450. The van der Waals surface area contributed by atoms with Gasteiger partial charge in [0.2, 0.25) is 5.91 Å². The summed E-state index contributed by atoms with van der Waals surface area (Å²) < 4.78 is 0. The van der Waals surface area contributed by atoms with Crippen molar-refractivity contribution in [2.45, 2.75) is 12.5 Å². The second-order valence-corrected chi connectivity index (χ2v) is 7.27. The lowest BCUT2D eigenvalue weighted by Crippen LogP contribution is -2.53. The van der Waals surface area contributed by atoms with E-state index in [0.717, 1.165) is 22.2 Å². The van der Waals surface area contributed by atoms with Crippen LogP contribution in [-0.2, 0) is 11.2 Å². The van der Waals surface area contributed by atoms with Crippen LogP contribution < -0.4 is 10.2 Å². The predicted octanol–water partition coefficient (Wildman–Crippen LogP) is 3.75. The van der Waals surface area contributed by atoms with Crippen molar-refractivity contribution in [1.82, 2.24) is 10.3 Å². The van der Waals surface area contributed by atoms with Gasteiger partial charge in [-0.1, -0.05) is 29.8 Å². The molecule has 1 unspecified atom stereocenters. The maximum absolute atomic E-state index is 12.9. The van der Waals surface area contributed by atoms with Gasteiger partial charge in [0, 0.05) is 40.5 Å². The van der Waals surface area contributed by atoms with E-state index in [0.29, 0.717) is 29.6 Å². The number of alkyl halides is 1. The number of amides is 2. The number of nitrogens with zero attached hydrogens (tertiary/aromatic N) is 1. The number of aromatic nitrogens is 1. The molecule has 1 aliphatic rings. The van der Waals surface area contributed by atoms with E-state index in [9.17, 15) is 9.59 Å². The molecule has 1 aliphatic heterocycles. The molecule has 2 N–H and O–H groups in total. The smallest absolute Gasteiger partial charge is 0.268 e. The lowest BCUT2D eigenvalue weighted by atomic mass is 9.97. The molecule has 2 aromatic carbocycles. The van der Waals surface area contributed by atoms with Crippen LogP contribution in [-0.4, -0.2) is 35.3 Å². The Hall–Kier alpha value is -2.50. The minimum absolute atomic E-state index is 0.151. The number of benzene rings is 2. The van der Waals surface area contributed by atoms with Crippen molar-refractivity contribution < 1.29 is 9.59 Å². The second-order valence-electron chi connectivity index (χ2n) is 6.45. The van der Waals surface area contributed by atoms with E-state index in [1.54, 1.807) is 23.1 Å². The van der Waals surface area contributed by atoms with Crippen molar-refractivity contribution in [3.63, 3.8) is 0 Å². The first-order valence-electron chi connectivity index (χ1n) is 8.61. The molecule has 0 aliphatic carbocycles. The Kier molecular flexibility index (Phi) is 4.81. The fourth-order valence-electron chi connectivity index (χ4n) is 3.45. The van der Waals surface area contributed by atoms with Gasteiger partial charge in [-0.3, -0.25) is 9.59 Å². The molecule has 1 aromatic heterocycles. The number of hydrogen-bond acceptors (Lipinski definition) is 2. The molecule has 0 saturated carbocycles. The minimum atomic E-state index is -0.634. The standard InChI is InChI=1S/C20H17Cl2N3O2/c21-7-8-25-18-4-2-1-3-12(18)10-17(20(25)27)24-19(26)16-11-13-9-14(22)5-6-15(13)23-16/h1-6,9,11,17,23H,7-8,10H2,(H,24,26). The third kappa shape index (κ3) is 3.40. The topological polar surface area (TPSA) is 65.2 Å². The van der Waals surface area contributed by atoms with E-state index >= 15 is 0 Å². The molecule has 7 heteroatoms. The van der Waals surface area contributed by atoms with Crippen molar-refractivity contribution in [2.24, 2.45) is 0 Å². The maximum atomic E-state index is 12.9. The summed E-state index contributed by atoms with van der Waals surface area (Å²) in [6, 6.07) is 14.1. The Bertz CT molecular complexity index is 1030. The predicted molar refractivity (Wildman–Crippen MR) is 108 cm³/mol. The maximum Gasteiger partial charge on any atom is 0.268 e. The fourth-order valence-corrected chi connectivity index (χ4v) is 3.80. The molecule has 1 atom stereocenters. The quantitative estimate of drug-likeness (QED) is 0.653. The molecule has 4 rings (SSSR count). The number of para-hydroxylation sites is 1. The van der Waals surface area contributed by atoms with Crippen LogP contribution in [0.25, 0.3) is 10.9 Å². The van der Waals surface area contributed by atoms with Gasteiger partial charge in [0.1, 0.15) is 11.7 Å². The average Bonchev–Trinajstić information content (AvgIpc) is 3.08. The molecule has 0 spiro atoms. The first-order valence-corrected chi connectivity index (χ1v) is 9.52. The third-order valence-corrected chi connectivity index (χ3v) is 5.12. The summed E-state index contributed by atoms with van der Waals surface area (Å²) >= 11 is 11.9. The molecule has 0 saturated heterocycles.